The molecule has 1 aliphatic carbocycles. The van der Waals surface area contributed by atoms with E-state index in [1.807, 2.05) is 0 Å². The van der Waals surface area contributed by atoms with Crippen molar-refractivity contribution in [1.29, 1.82) is 0 Å². The van der Waals surface area contributed by atoms with Gasteiger partial charge >= 0.3 is 0 Å². The summed E-state index contributed by atoms with van der Waals surface area (Å²) in [5, 5.41) is 0. The first-order valence-corrected chi connectivity index (χ1v) is 6.02. The molecule has 82 valence electrons. The van der Waals surface area contributed by atoms with Crippen molar-refractivity contribution in [3.63, 3.8) is 0 Å². The van der Waals surface area contributed by atoms with Gasteiger partial charge in [0.05, 0.1) is 5.60 Å². The van der Waals surface area contributed by atoms with E-state index in [1.165, 1.54) is 19.3 Å². The summed E-state index contributed by atoms with van der Waals surface area (Å²) in [7, 11) is 0. The second-order valence-corrected chi connectivity index (χ2v) is 5.45. The maximum atomic E-state index is 6.06. The second-order valence-electron chi connectivity index (χ2n) is 5.45. The van der Waals surface area contributed by atoms with Gasteiger partial charge in [-0.05, 0) is 43.9 Å². The minimum absolute atomic E-state index is 0.143. The molecule has 0 amide bonds. The average molecular weight is 197 g/mol. The highest BCUT2D eigenvalue weighted by molar-refractivity contribution is 4.96. The fraction of sp³-hybridized carbons (Fsp3) is 1.00. The fourth-order valence-corrected chi connectivity index (χ4v) is 3.21. The van der Waals surface area contributed by atoms with Crippen LogP contribution in [-0.2, 0) is 4.74 Å². The first kappa shape index (κ1) is 10.4. The third-order valence-corrected chi connectivity index (χ3v) is 4.20. The molecule has 0 aromatic carbocycles. The van der Waals surface area contributed by atoms with E-state index in [9.17, 15) is 0 Å². The van der Waals surface area contributed by atoms with Crippen molar-refractivity contribution in [2.24, 2.45) is 17.6 Å². The van der Waals surface area contributed by atoms with Gasteiger partial charge in [0.1, 0.15) is 0 Å². The van der Waals surface area contributed by atoms with E-state index in [4.69, 9.17) is 10.5 Å². The maximum Gasteiger partial charge on any atom is 0.0722 e. The molecule has 4 unspecified atom stereocenters. The molecule has 0 bridgehead atoms. The number of ether oxygens (including phenoxy) is 1. The van der Waals surface area contributed by atoms with Crippen LogP contribution in [0.4, 0.5) is 0 Å². The highest BCUT2D eigenvalue weighted by atomic mass is 16.5. The van der Waals surface area contributed by atoms with Gasteiger partial charge in [0.2, 0.25) is 0 Å². The molecule has 2 nitrogen and oxygen atoms in total. The summed E-state index contributed by atoms with van der Waals surface area (Å²) in [4.78, 5) is 0. The molecule has 2 heteroatoms. The molecule has 0 aromatic rings. The molecule has 2 aliphatic rings. The second kappa shape index (κ2) is 3.82. The minimum atomic E-state index is 0.143. The lowest BCUT2D eigenvalue weighted by Gasteiger charge is -2.48. The molecule has 2 rings (SSSR count). The summed E-state index contributed by atoms with van der Waals surface area (Å²) < 4.78 is 6.06. The van der Waals surface area contributed by atoms with Crippen LogP contribution in [0.3, 0.4) is 0 Å². The fourth-order valence-electron chi connectivity index (χ4n) is 3.21. The number of hydrogen-bond donors (Lipinski definition) is 1. The Morgan fingerprint density at radius 1 is 1.29 bits per heavy atom. The Morgan fingerprint density at radius 2 is 2.07 bits per heavy atom. The Labute approximate surface area is 87.2 Å². The monoisotopic (exact) mass is 197 g/mol. The lowest BCUT2D eigenvalue weighted by atomic mass is 9.68. The zero-order valence-corrected chi connectivity index (χ0v) is 9.46. The van der Waals surface area contributed by atoms with E-state index in [1.54, 1.807) is 0 Å². The van der Waals surface area contributed by atoms with Crippen LogP contribution in [0.25, 0.3) is 0 Å². The van der Waals surface area contributed by atoms with Crippen molar-refractivity contribution >= 4 is 0 Å². The zero-order chi connectivity index (χ0) is 10.2. The van der Waals surface area contributed by atoms with E-state index in [0.717, 1.165) is 25.4 Å². The largest absolute Gasteiger partial charge is 0.375 e. The van der Waals surface area contributed by atoms with Crippen LogP contribution < -0.4 is 5.73 Å². The van der Waals surface area contributed by atoms with E-state index in [2.05, 4.69) is 13.8 Å². The predicted octanol–water partition coefficient (Wildman–Crippen LogP) is 2.32. The van der Waals surface area contributed by atoms with Crippen LogP contribution in [0, 0.1) is 11.8 Å². The van der Waals surface area contributed by atoms with Gasteiger partial charge in [0, 0.05) is 12.6 Å². The van der Waals surface area contributed by atoms with E-state index in [0.29, 0.717) is 12.0 Å². The Morgan fingerprint density at radius 3 is 2.71 bits per heavy atom. The average Bonchev–Trinajstić information content (AvgIpc) is 2.13. The van der Waals surface area contributed by atoms with Crippen LogP contribution in [0.5, 0.6) is 0 Å². The van der Waals surface area contributed by atoms with Crippen molar-refractivity contribution in [2.45, 2.75) is 57.6 Å². The lowest BCUT2D eigenvalue weighted by molar-refractivity contribution is -0.141. The van der Waals surface area contributed by atoms with Gasteiger partial charge in [-0.3, -0.25) is 0 Å². The topological polar surface area (TPSA) is 35.2 Å². The molecular weight excluding hydrogens is 174 g/mol. The van der Waals surface area contributed by atoms with E-state index >= 15 is 0 Å². The van der Waals surface area contributed by atoms with Gasteiger partial charge in [-0.2, -0.15) is 0 Å². The summed E-state index contributed by atoms with van der Waals surface area (Å²) in [5.41, 5.74) is 6.20. The van der Waals surface area contributed by atoms with Crippen molar-refractivity contribution in [1.82, 2.24) is 0 Å². The normalized spacial score (nSPS) is 49.5. The van der Waals surface area contributed by atoms with Crippen molar-refractivity contribution in [3.05, 3.63) is 0 Å². The minimum Gasteiger partial charge on any atom is -0.375 e. The standard InChI is InChI=1S/C12H23NO/c1-9-3-5-12(10(2)7-9)8-11(13)4-6-14-12/h9-11H,3-8,13H2,1-2H3. The molecular formula is C12H23NO. The highest BCUT2D eigenvalue weighted by Crippen LogP contribution is 2.44. The first-order valence-electron chi connectivity index (χ1n) is 6.02. The van der Waals surface area contributed by atoms with E-state index in [-0.39, 0.29) is 5.60 Å². The van der Waals surface area contributed by atoms with Crippen LogP contribution in [0.1, 0.15) is 46.0 Å². The van der Waals surface area contributed by atoms with Crippen molar-refractivity contribution in [3.8, 4) is 0 Å². The summed E-state index contributed by atoms with van der Waals surface area (Å²) in [6.07, 6.45) is 5.98. The molecule has 1 saturated carbocycles. The van der Waals surface area contributed by atoms with Crippen molar-refractivity contribution < 1.29 is 4.74 Å². The van der Waals surface area contributed by atoms with Crippen LogP contribution in [-0.4, -0.2) is 18.2 Å². The first-order chi connectivity index (χ1) is 6.62. The summed E-state index contributed by atoms with van der Waals surface area (Å²) in [6.45, 7) is 5.57. The van der Waals surface area contributed by atoms with Gasteiger partial charge in [-0.15, -0.1) is 0 Å². The summed E-state index contributed by atoms with van der Waals surface area (Å²) in [5.74, 6) is 1.56. The Bertz CT molecular complexity index is 206. The van der Waals surface area contributed by atoms with Crippen LogP contribution in [0.15, 0.2) is 0 Å². The lowest BCUT2D eigenvalue weighted by Crippen LogP contribution is -2.51. The molecule has 4 atom stereocenters. The predicted molar refractivity (Wildman–Crippen MR) is 58.1 cm³/mol. The number of hydrogen-bond acceptors (Lipinski definition) is 2. The van der Waals surface area contributed by atoms with E-state index < -0.39 is 0 Å². The Hall–Kier alpha value is -0.0800. The van der Waals surface area contributed by atoms with Gasteiger partial charge in [0.15, 0.2) is 0 Å². The molecule has 0 radical (unpaired) electrons. The van der Waals surface area contributed by atoms with Crippen molar-refractivity contribution in [2.75, 3.05) is 6.61 Å². The Kier molecular flexibility index (Phi) is 2.85. The zero-order valence-electron chi connectivity index (χ0n) is 9.46. The van der Waals surface area contributed by atoms with Crippen LogP contribution >= 0.6 is 0 Å². The summed E-state index contributed by atoms with van der Waals surface area (Å²) >= 11 is 0. The van der Waals surface area contributed by atoms with Gasteiger partial charge in [-0.1, -0.05) is 13.8 Å². The summed E-state index contributed by atoms with van der Waals surface area (Å²) in [6, 6.07) is 0.375. The SMILES string of the molecule is CC1CCC2(CC(N)CCO2)C(C)C1. The third-order valence-electron chi connectivity index (χ3n) is 4.20. The molecule has 2 N–H and O–H groups in total. The van der Waals surface area contributed by atoms with Gasteiger partial charge in [-0.25, -0.2) is 0 Å². The third kappa shape index (κ3) is 1.82. The van der Waals surface area contributed by atoms with Crippen LogP contribution in [0.2, 0.25) is 0 Å². The number of rotatable bonds is 0. The smallest absolute Gasteiger partial charge is 0.0722 e. The quantitative estimate of drug-likeness (QED) is 0.647. The molecule has 1 spiro atoms. The molecule has 2 fully saturated rings. The molecule has 1 saturated heterocycles. The van der Waals surface area contributed by atoms with Gasteiger partial charge < -0.3 is 10.5 Å². The molecule has 0 aromatic heterocycles. The maximum absolute atomic E-state index is 6.06. The Balaban J connectivity index is 2.06. The molecule has 1 heterocycles. The molecule has 1 aliphatic heterocycles. The highest BCUT2D eigenvalue weighted by Gasteiger charge is 2.43. The molecule has 14 heavy (non-hydrogen) atoms. The number of nitrogens with two attached hydrogens (primary N) is 1. The van der Waals surface area contributed by atoms with Gasteiger partial charge in [0.25, 0.3) is 0 Å².